The molecule has 2 amide bonds. The normalized spacial score (nSPS) is 10.9. The molecule has 172 valence electrons. The van der Waals surface area contributed by atoms with Crippen molar-refractivity contribution in [3.05, 3.63) is 92.1 Å². The van der Waals surface area contributed by atoms with E-state index in [-0.39, 0.29) is 17.9 Å². The summed E-state index contributed by atoms with van der Waals surface area (Å²) in [7, 11) is 0. The molecule has 0 unspecified atom stereocenters. The Morgan fingerprint density at radius 1 is 1.00 bits per heavy atom. The summed E-state index contributed by atoms with van der Waals surface area (Å²) in [6, 6.07) is 16.5. The molecule has 6 nitrogen and oxygen atoms in total. The maximum absolute atomic E-state index is 13.1. The van der Waals surface area contributed by atoms with Gasteiger partial charge in [-0.15, -0.1) is 0 Å². The lowest BCUT2D eigenvalue weighted by Gasteiger charge is -2.11. The van der Waals surface area contributed by atoms with E-state index in [1.54, 1.807) is 30.3 Å². The number of carbonyl (C=O) groups is 2. The van der Waals surface area contributed by atoms with Crippen LogP contribution in [0.2, 0.25) is 10.0 Å². The van der Waals surface area contributed by atoms with Crippen molar-refractivity contribution in [3.8, 4) is 11.8 Å². The quantitative estimate of drug-likeness (QED) is 0.255. The molecule has 0 aliphatic carbocycles. The molecule has 0 radical (unpaired) electrons. The van der Waals surface area contributed by atoms with Crippen LogP contribution in [0.15, 0.2) is 70.7 Å². The van der Waals surface area contributed by atoms with Gasteiger partial charge in [0.25, 0.3) is 11.8 Å². The number of nitriles is 1. The lowest BCUT2D eigenvalue weighted by molar-refractivity contribution is -0.118. The highest BCUT2D eigenvalue weighted by Gasteiger charge is 2.13. The minimum atomic E-state index is -0.683. The highest BCUT2D eigenvalue weighted by atomic mass is 79.9. The lowest BCUT2D eigenvalue weighted by atomic mass is 10.1. The number of ether oxygens (including phenoxy) is 1. The number of nitrogens with zero attached hydrogens (tertiary/aromatic N) is 1. The van der Waals surface area contributed by atoms with Gasteiger partial charge >= 0.3 is 0 Å². The summed E-state index contributed by atoms with van der Waals surface area (Å²) in [6.07, 6.45) is 1.33. The van der Waals surface area contributed by atoms with Crippen molar-refractivity contribution in [1.82, 2.24) is 0 Å². The van der Waals surface area contributed by atoms with Gasteiger partial charge in [0.2, 0.25) is 0 Å². The third-order valence-electron chi connectivity index (χ3n) is 4.30. The smallest absolute Gasteiger partial charge is 0.266 e. The van der Waals surface area contributed by atoms with Gasteiger partial charge in [-0.2, -0.15) is 5.26 Å². The fourth-order valence-electron chi connectivity index (χ4n) is 2.71. The van der Waals surface area contributed by atoms with Crippen molar-refractivity contribution in [2.24, 2.45) is 0 Å². The van der Waals surface area contributed by atoms with Crippen LogP contribution in [-0.2, 0) is 9.59 Å². The number of hydrogen-bond donors (Lipinski definition) is 2. The summed E-state index contributed by atoms with van der Waals surface area (Å²) >= 11 is 15.2. The lowest BCUT2D eigenvalue weighted by Crippen LogP contribution is -2.20. The van der Waals surface area contributed by atoms with E-state index in [9.17, 15) is 19.2 Å². The van der Waals surface area contributed by atoms with Gasteiger partial charge in [0.05, 0.1) is 10.0 Å². The second-order valence-electron chi connectivity index (χ2n) is 6.78. The van der Waals surface area contributed by atoms with Gasteiger partial charge in [-0.05, 0) is 66.7 Å². The number of rotatable bonds is 7. The van der Waals surface area contributed by atoms with Gasteiger partial charge in [-0.1, -0.05) is 39.1 Å². The predicted octanol–water partition coefficient (Wildman–Crippen LogP) is 6.46. The van der Waals surface area contributed by atoms with E-state index in [0.717, 1.165) is 0 Å². The first-order valence-electron chi connectivity index (χ1n) is 9.61. The molecule has 0 aromatic heterocycles. The number of carbonyl (C=O) groups excluding carboxylic acids is 2. The number of anilines is 2. The molecule has 3 aromatic carbocycles. The van der Waals surface area contributed by atoms with Crippen LogP contribution in [0.3, 0.4) is 0 Å². The number of halogens is 4. The van der Waals surface area contributed by atoms with Gasteiger partial charge in [0, 0.05) is 21.4 Å². The first-order valence-corrected chi connectivity index (χ1v) is 11.2. The summed E-state index contributed by atoms with van der Waals surface area (Å²) in [5.74, 6) is -1.31. The molecule has 34 heavy (non-hydrogen) atoms. The van der Waals surface area contributed by atoms with Crippen molar-refractivity contribution in [1.29, 1.82) is 5.26 Å². The fraction of sp³-hybridized carbons (Fsp3) is 0.0417. The van der Waals surface area contributed by atoms with E-state index >= 15 is 0 Å². The maximum Gasteiger partial charge on any atom is 0.266 e. The second-order valence-corrected chi connectivity index (χ2v) is 8.51. The Bertz CT molecular complexity index is 1310. The molecule has 3 aromatic rings. The van der Waals surface area contributed by atoms with Crippen molar-refractivity contribution >= 4 is 68.4 Å². The van der Waals surface area contributed by atoms with Crippen molar-refractivity contribution in [2.45, 2.75) is 0 Å². The molecule has 0 aliphatic rings. The van der Waals surface area contributed by atoms with Crippen LogP contribution in [0, 0.1) is 17.1 Å². The summed E-state index contributed by atoms with van der Waals surface area (Å²) in [4.78, 5) is 24.8. The SMILES string of the molecule is N#C/C(=C\c1cc(Br)ccc1OCC(=O)Nc1ccc(Cl)c(Cl)c1)C(=O)Nc1ccc(F)cc1. The summed E-state index contributed by atoms with van der Waals surface area (Å²) < 4.78 is 19.4. The van der Waals surface area contributed by atoms with E-state index in [2.05, 4.69) is 26.6 Å². The number of benzene rings is 3. The van der Waals surface area contributed by atoms with Crippen LogP contribution in [0.25, 0.3) is 6.08 Å². The first kappa shape index (κ1) is 25.2. The van der Waals surface area contributed by atoms with Crippen molar-refractivity contribution in [3.63, 3.8) is 0 Å². The molecule has 3 rings (SSSR count). The van der Waals surface area contributed by atoms with Crippen LogP contribution in [0.1, 0.15) is 5.56 Å². The van der Waals surface area contributed by atoms with E-state index in [1.807, 2.05) is 6.07 Å². The second kappa shape index (κ2) is 11.7. The van der Waals surface area contributed by atoms with E-state index < -0.39 is 17.6 Å². The monoisotopic (exact) mass is 561 g/mol. The van der Waals surface area contributed by atoms with E-state index in [0.29, 0.717) is 31.5 Å². The largest absolute Gasteiger partial charge is 0.483 e. The third kappa shape index (κ3) is 7.06. The fourth-order valence-corrected chi connectivity index (χ4v) is 3.39. The molecule has 0 saturated heterocycles. The summed E-state index contributed by atoms with van der Waals surface area (Å²) in [5, 5.41) is 15.3. The Morgan fingerprint density at radius 2 is 1.71 bits per heavy atom. The maximum atomic E-state index is 13.1. The molecule has 10 heteroatoms. The zero-order valence-electron chi connectivity index (χ0n) is 17.2. The highest BCUT2D eigenvalue weighted by Crippen LogP contribution is 2.27. The Labute approximate surface area is 213 Å². The molecular formula is C24H15BrCl2FN3O3. The summed E-state index contributed by atoms with van der Waals surface area (Å²) in [6.45, 7) is -0.341. The van der Waals surface area contributed by atoms with Gasteiger partial charge in [0.15, 0.2) is 6.61 Å². The molecule has 2 N–H and O–H groups in total. The van der Waals surface area contributed by atoms with Crippen LogP contribution in [0.5, 0.6) is 5.75 Å². The molecule has 0 aliphatic heterocycles. The standard InChI is InChI=1S/C24H15BrCl2FN3O3/c25-16-1-8-22(34-13-23(32)30-19-6-7-20(26)21(27)11-19)14(10-16)9-15(12-29)24(33)31-18-4-2-17(28)3-5-18/h1-11H,13H2,(H,30,32)(H,31,33)/b15-9+. The number of nitrogens with one attached hydrogen (secondary N) is 2. The molecule has 0 heterocycles. The Hall–Kier alpha value is -3.38. The van der Waals surface area contributed by atoms with Gasteiger partial charge in [-0.25, -0.2) is 4.39 Å². The van der Waals surface area contributed by atoms with Crippen molar-refractivity contribution < 1.29 is 18.7 Å². The number of amides is 2. The minimum Gasteiger partial charge on any atom is -0.483 e. The zero-order chi connectivity index (χ0) is 24.7. The van der Waals surface area contributed by atoms with Gasteiger partial charge < -0.3 is 15.4 Å². The molecule has 0 fully saturated rings. The minimum absolute atomic E-state index is 0.215. The molecular weight excluding hydrogens is 548 g/mol. The average molecular weight is 563 g/mol. The van der Waals surface area contributed by atoms with Gasteiger partial charge in [0.1, 0.15) is 23.2 Å². The van der Waals surface area contributed by atoms with Crippen LogP contribution < -0.4 is 15.4 Å². The van der Waals surface area contributed by atoms with E-state index in [4.69, 9.17) is 27.9 Å². The number of hydrogen-bond acceptors (Lipinski definition) is 4. The van der Waals surface area contributed by atoms with Crippen molar-refractivity contribution in [2.75, 3.05) is 17.2 Å². The zero-order valence-corrected chi connectivity index (χ0v) is 20.3. The molecule has 0 spiro atoms. The van der Waals surface area contributed by atoms with Gasteiger partial charge in [-0.3, -0.25) is 9.59 Å². The van der Waals surface area contributed by atoms with Crippen LogP contribution in [-0.4, -0.2) is 18.4 Å². The Balaban J connectivity index is 1.73. The van der Waals surface area contributed by atoms with E-state index in [1.165, 1.54) is 36.4 Å². The Kier molecular flexibility index (Phi) is 8.66. The van der Waals surface area contributed by atoms with Crippen LogP contribution >= 0.6 is 39.1 Å². The highest BCUT2D eigenvalue weighted by molar-refractivity contribution is 9.10. The third-order valence-corrected chi connectivity index (χ3v) is 5.53. The van der Waals surface area contributed by atoms with Crippen LogP contribution in [0.4, 0.5) is 15.8 Å². The predicted molar refractivity (Wildman–Crippen MR) is 133 cm³/mol. The Morgan fingerprint density at radius 3 is 2.38 bits per heavy atom. The first-order chi connectivity index (χ1) is 16.2. The average Bonchev–Trinajstić information content (AvgIpc) is 2.80. The molecule has 0 saturated carbocycles. The topological polar surface area (TPSA) is 91.2 Å². The summed E-state index contributed by atoms with van der Waals surface area (Å²) in [5.41, 5.74) is 0.954. The molecule has 0 bridgehead atoms. The molecule has 0 atom stereocenters.